The molecule has 0 saturated carbocycles. The lowest BCUT2D eigenvalue weighted by Gasteiger charge is -2.35. The Bertz CT molecular complexity index is 987. The van der Waals surface area contributed by atoms with Gasteiger partial charge in [0, 0.05) is 6.54 Å². The third kappa shape index (κ3) is 3.69. The lowest BCUT2D eigenvalue weighted by atomic mass is 9.79. The van der Waals surface area contributed by atoms with Crippen molar-refractivity contribution in [1.82, 2.24) is 4.72 Å². The van der Waals surface area contributed by atoms with Crippen molar-refractivity contribution in [3.63, 3.8) is 0 Å². The van der Waals surface area contributed by atoms with E-state index in [1.165, 1.54) is 0 Å². The summed E-state index contributed by atoms with van der Waals surface area (Å²) in [6, 6.07) is 7.57. The van der Waals surface area contributed by atoms with Gasteiger partial charge in [-0.25, -0.2) is 13.1 Å². The Morgan fingerprint density at radius 1 is 1.11 bits per heavy atom. The van der Waals surface area contributed by atoms with E-state index in [4.69, 9.17) is 4.74 Å². The number of benzene rings is 2. The van der Waals surface area contributed by atoms with Crippen LogP contribution in [0.2, 0.25) is 0 Å². The predicted octanol–water partition coefficient (Wildman–Crippen LogP) is 3.43. The molecule has 0 fully saturated rings. The second kappa shape index (κ2) is 7.50. The van der Waals surface area contributed by atoms with Crippen LogP contribution in [0, 0.1) is 27.7 Å². The molecule has 1 aliphatic rings. The van der Waals surface area contributed by atoms with Gasteiger partial charge in [-0.2, -0.15) is 0 Å². The van der Waals surface area contributed by atoms with Crippen LogP contribution in [0.5, 0.6) is 5.75 Å². The summed E-state index contributed by atoms with van der Waals surface area (Å²) in [7, 11) is -2.14. The Balaban J connectivity index is 1.93. The van der Waals surface area contributed by atoms with E-state index in [1.807, 2.05) is 52.0 Å². The molecule has 3 rings (SSSR count). The summed E-state index contributed by atoms with van der Waals surface area (Å²) in [6.45, 7) is 7.43. The summed E-state index contributed by atoms with van der Waals surface area (Å²) in [5.74, 6) is 0.741. The Labute approximate surface area is 167 Å². The lowest BCUT2D eigenvalue weighted by molar-refractivity contribution is 0.0242. The first kappa shape index (κ1) is 20.8. The zero-order valence-electron chi connectivity index (χ0n) is 17.2. The fourth-order valence-corrected chi connectivity index (χ4v) is 5.82. The van der Waals surface area contributed by atoms with Gasteiger partial charge < -0.3 is 9.84 Å². The summed E-state index contributed by atoms with van der Waals surface area (Å²) in [5.41, 5.74) is 3.93. The number of sulfonamides is 1. The molecular weight excluding hydrogens is 374 g/mol. The van der Waals surface area contributed by atoms with E-state index in [-0.39, 0.29) is 6.54 Å². The van der Waals surface area contributed by atoms with Gasteiger partial charge >= 0.3 is 0 Å². The molecule has 0 spiro atoms. The lowest BCUT2D eigenvalue weighted by Crippen LogP contribution is -2.43. The third-order valence-corrected chi connectivity index (χ3v) is 7.65. The Kier molecular flexibility index (Phi) is 5.58. The maximum Gasteiger partial charge on any atom is 0.241 e. The molecule has 1 unspecified atom stereocenters. The van der Waals surface area contributed by atoms with Crippen LogP contribution in [0.25, 0.3) is 0 Å². The first-order valence-electron chi connectivity index (χ1n) is 9.56. The number of methoxy groups -OCH3 is 1. The monoisotopic (exact) mass is 403 g/mol. The van der Waals surface area contributed by atoms with Crippen LogP contribution in [0.15, 0.2) is 29.2 Å². The molecule has 1 atom stereocenters. The molecular formula is C22H29NO4S. The van der Waals surface area contributed by atoms with Gasteiger partial charge in [-0.3, -0.25) is 0 Å². The van der Waals surface area contributed by atoms with Crippen molar-refractivity contribution in [2.24, 2.45) is 0 Å². The topological polar surface area (TPSA) is 75.6 Å². The van der Waals surface area contributed by atoms with Crippen LogP contribution >= 0.6 is 0 Å². The van der Waals surface area contributed by atoms with Crippen molar-refractivity contribution in [2.45, 2.75) is 57.5 Å². The van der Waals surface area contributed by atoms with E-state index in [1.54, 1.807) is 7.11 Å². The number of nitrogens with one attached hydrogen (secondary N) is 1. The van der Waals surface area contributed by atoms with E-state index < -0.39 is 15.6 Å². The number of fused-ring (bicyclic) bond motifs is 1. The van der Waals surface area contributed by atoms with Crippen LogP contribution in [0.3, 0.4) is 0 Å². The third-order valence-electron chi connectivity index (χ3n) is 5.97. The Morgan fingerprint density at radius 3 is 2.36 bits per heavy atom. The zero-order chi connectivity index (χ0) is 20.7. The molecule has 0 aliphatic heterocycles. The van der Waals surface area contributed by atoms with Gasteiger partial charge in [0.15, 0.2) is 0 Å². The number of rotatable bonds is 5. The molecule has 0 aromatic heterocycles. The summed E-state index contributed by atoms with van der Waals surface area (Å²) >= 11 is 0. The largest absolute Gasteiger partial charge is 0.497 e. The van der Waals surface area contributed by atoms with E-state index in [9.17, 15) is 13.5 Å². The van der Waals surface area contributed by atoms with Crippen LogP contribution in [0.1, 0.15) is 46.2 Å². The van der Waals surface area contributed by atoms with Gasteiger partial charge in [0.25, 0.3) is 0 Å². The first-order valence-corrected chi connectivity index (χ1v) is 11.0. The van der Waals surface area contributed by atoms with E-state index >= 15 is 0 Å². The molecule has 0 bridgehead atoms. The highest BCUT2D eigenvalue weighted by molar-refractivity contribution is 7.89. The molecule has 0 amide bonds. The van der Waals surface area contributed by atoms with Gasteiger partial charge in [-0.15, -0.1) is 0 Å². The molecule has 28 heavy (non-hydrogen) atoms. The first-order chi connectivity index (χ1) is 13.1. The number of hydrogen-bond donors (Lipinski definition) is 2. The van der Waals surface area contributed by atoms with Crippen molar-refractivity contribution >= 4 is 10.0 Å². The Hall–Kier alpha value is -1.89. The van der Waals surface area contributed by atoms with E-state index in [0.717, 1.165) is 52.0 Å². The summed E-state index contributed by atoms with van der Waals surface area (Å²) in [6.07, 6.45) is 2.15. The summed E-state index contributed by atoms with van der Waals surface area (Å²) < 4.78 is 34.2. The molecule has 0 radical (unpaired) electrons. The van der Waals surface area contributed by atoms with Crippen molar-refractivity contribution < 1.29 is 18.3 Å². The minimum absolute atomic E-state index is 0.0550. The van der Waals surface area contributed by atoms with Crippen LogP contribution in [0.4, 0.5) is 0 Å². The number of ether oxygens (including phenoxy) is 1. The molecule has 2 aromatic carbocycles. The number of aryl methyl sites for hydroxylation is 3. The second-order valence-electron chi connectivity index (χ2n) is 7.82. The summed E-state index contributed by atoms with van der Waals surface area (Å²) in [5, 5.41) is 11.3. The maximum atomic E-state index is 13.1. The number of aliphatic hydroxyl groups is 1. The minimum Gasteiger partial charge on any atom is -0.497 e. The molecule has 2 N–H and O–H groups in total. The van der Waals surface area contributed by atoms with Crippen LogP contribution in [-0.2, 0) is 22.0 Å². The highest BCUT2D eigenvalue weighted by atomic mass is 32.2. The molecule has 5 nitrogen and oxygen atoms in total. The SMILES string of the molecule is COc1ccc2c(c1)CCCC2(O)CNS(=O)(=O)c1c(C)c(C)cc(C)c1C. The average molecular weight is 404 g/mol. The predicted molar refractivity (Wildman–Crippen MR) is 110 cm³/mol. The standard InChI is InChI=1S/C22H29NO4S/c1-14-11-15(2)17(4)21(16(14)3)28(25,26)23-13-22(24)10-6-7-18-12-19(27-5)8-9-20(18)22/h8-9,11-12,23-24H,6-7,10,13H2,1-5H3. The van der Waals surface area contributed by atoms with Gasteiger partial charge in [-0.1, -0.05) is 12.1 Å². The quantitative estimate of drug-likeness (QED) is 0.802. The van der Waals surface area contributed by atoms with E-state index in [2.05, 4.69) is 4.72 Å². The molecule has 6 heteroatoms. The highest BCUT2D eigenvalue weighted by Gasteiger charge is 2.36. The van der Waals surface area contributed by atoms with Gasteiger partial charge in [0.2, 0.25) is 10.0 Å². The van der Waals surface area contributed by atoms with Crippen molar-refractivity contribution in [3.8, 4) is 5.75 Å². The Morgan fingerprint density at radius 2 is 1.75 bits per heavy atom. The average Bonchev–Trinajstić information content (AvgIpc) is 2.65. The van der Waals surface area contributed by atoms with Crippen molar-refractivity contribution in [3.05, 3.63) is 57.6 Å². The van der Waals surface area contributed by atoms with E-state index in [0.29, 0.717) is 11.3 Å². The summed E-state index contributed by atoms with van der Waals surface area (Å²) in [4.78, 5) is 0.319. The molecule has 0 saturated heterocycles. The zero-order valence-corrected chi connectivity index (χ0v) is 18.0. The van der Waals surface area contributed by atoms with Crippen LogP contribution in [-0.4, -0.2) is 27.2 Å². The van der Waals surface area contributed by atoms with Gasteiger partial charge in [-0.05, 0) is 92.5 Å². The number of hydrogen-bond acceptors (Lipinski definition) is 4. The minimum atomic E-state index is -3.75. The van der Waals surface area contributed by atoms with Crippen LogP contribution < -0.4 is 9.46 Å². The molecule has 1 aliphatic carbocycles. The normalized spacial score (nSPS) is 19.4. The fraction of sp³-hybridized carbons (Fsp3) is 0.455. The van der Waals surface area contributed by atoms with Gasteiger partial charge in [0.1, 0.15) is 11.4 Å². The fourth-order valence-electron chi connectivity index (χ4n) is 4.12. The smallest absolute Gasteiger partial charge is 0.241 e. The molecule has 152 valence electrons. The van der Waals surface area contributed by atoms with Crippen molar-refractivity contribution in [2.75, 3.05) is 13.7 Å². The highest BCUT2D eigenvalue weighted by Crippen LogP contribution is 2.37. The maximum absolute atomic E-state index is 13.1. The second-order valence-corrected chi connectivity index (χ2v) is 9.53. The van der Waals surface area contributed by atoms with Gasteiger partial charge in [0.05, 0.1) is 12.0 Å². The molecule has 0 heterocycles. The van der Waals surface area contributed by atoms with Crippen molar-refractivity contribution in [1.29, 1.82) is 0 Å². The molecule has 2 aromatic rings.